The number of halogens is 1. The number of hydrogen-bond acceptors (Lipinski definition) is 3. The van der Waals surface area contributed by atoms with Crippen molar-refractivity contribution in [1.29, 1.82) is 0 Å². The first-order valence-corrected chi connectivity index (χ1v) is 7.31. The Balaban J connectivity index is 2.05. The van der Waals surface area contributed by atoms with Crippen molar-refractivity contribution >= 4 is 11.7 Å². The number of amides is 1. The number of likely N-dealkylation sites (tertiary alicyclic amines) is 1. The SMILES string of the molecule is CC(CN)C(=O)N1CCCC(C(=O)c2ccc(F)cc2)C1. The van der Waals surface area contributed by atoms with Crippen LogP contribution in [0.1, 0.15) is 30.1 Å². The summed E-state index contributed by atoms with van der Waals surface area (Å²) in [6, 6.07) is 5.58. The zero-order valence-electron chi connectivity index (χ0n) is 12.2. The first-order valence-electron chi connectivity index (χ1n) is 7.31. The summed E-state index contributed by atoms with van der Waals surface area (Å²) >= 11 is 0. The number of carbonyl (C=O) groups is 2. The van der Waals surface area contributed by atoms with E-state index in [1.807, 2.05) is 0 Å². The van der Waals surface area contributed by atoms with Crippen LogP contribution in [0.3, 0.4) is 0 Å². The molecule has 0 bridgehead atoms. The lowest BCUT2D eigenvalue weighted by atomic mass is 9.89. The largest absolute Gasteiger partial charge is 0.342 e. The molecule has 1 aliphatic heterocycles. The molecule has 1 heterocycles. The first kappa shape index (κ1) is 15.6. The minimum atomic E-state index is -0.358. The van der Waals surface area contributed by atoms with E-state index in [4.69, 9.17) is 5.73 Å². The fourth-order valence-electron chi connectivity index (χ4n) is 2.65. The highest BCUT2D eigenvalue weighted by molar-refractivity contribution is 5.98. The lowest BCUT2D eigenvalue weighted by molar-refractivity contribution is -0.136. The monoisotopic (exact) mass is 292 g/mol. The van der Waals surface area contributed by atoms with Crippen molar-refractivity contribution in [2.24, 2.45) is 17.6 Å². The number of carbonyl (C=O) groups excluding carboxylic acids is 2. The van der Waals surface area contributed by atoms with Gasteiger partial charge in [-0.25, -0.2) is 4.39 Å². The van der Waals surface area contributed by atoms with Crippen LogP contribution in [0.15, 0.2) is 24.3 Å². The Morgan fingerprint density at radius 3 is 2.67 bits per heavy atom. The molecule has 2 unspecified atom stereocenters. The van der Waals surface area contributed by atoms with E-state index in [2.05, 4.69) is 0 Å². The maximum Gasteiger partial charge on any atom is 0.226 e. The Kier molecular flexibility index (Phi) is 5.07. The van der Waals surface area contributed by atoms with E-state index in [9.17, 15) is 14.0 Å². The molecule has 1 amide bonds. The van der Waals surface area contributed by atoms with Crippen LogP contribution in [0.25, 0.3) is 0 Å². The smallest absolute Gasteiger partial charge is 0.226 e. The number of hydrogen-bond donors (Lipinski definition) is 1. The van der Waals surface area contributed by atoms with E-state index in [0.29, 0.717) is 25.2 Å². The second-order valence-electron chi connectivity index (χ2n) is 5.63. The average molecular weight is 292 g/mol. The molecule has 21 heavy (non-hydrogen) atoms. The van der Waals surface area contributed by atoms with Gasteiger partial charge in [0.25, 0.3) is 0 Å². The maximum atomic E-state index is 12.9. The predicted octanol–water partition coefficient (Wildman–Crippen LogP) is 1.84. The highest BCUT2D eigenvalue weighted by Gasteiger charge is 2.30. The minimum absolute atomic E-state index is 0.00843. The number of benzene rings is 1. The molecule has 1 fully saturated rings. The summed E-state index contributed by atoms with van der Waals surface area (Å²) in [7, 11) is 0. The van der Waals surface area contributed by atoms with Crippen molar-refractivity contribution in [3.8, 4) is 0 Å². The van der Waals surface area contributed by atoms with Gasteiger partial charge in [-0.2, -0.15) is 0 Å². The molecule has 0 spiro atoms. The fraction of sp³-hybridized carbons (Fsp3) is 0.500. The Hall–Kier alpha value is -1.75. The van der Waals surface area contributed by atoms with E-state index in [1.54, 1.807) is 11.8 Å². The van der Waals surface area contributed by atoms with Gasteiger partial charge in [0.15, 0.2) is 5.78 Å². The van der Waals surface area contributed by atoms with Crippen molar-refractivity contribution < 1.29 is 14.0 Å². The average Bonchev–Trinajstić information content (AvgIpc) is 2.53. The molecular formula is C16H21FN2O2. The topological polar surface area (TPSA) is 63.4 Å². The van der Waals surface area contributed by atoms with Crippen LogP contribution in [0.2, 0.25) is 0 Å². The highest BCUT2D eigenvalue weighted by Crippen LogP contribution is 2.22. The van der Waals surface area contributed by atoms with Crippen LogP contribution in [0.4, 0.5) is 4.39 Å². The summed E-state index contributed by atoms with van der Waals surface area (Å²) in [5, 5.41) is 0. The second kappa shape index (κ2) is 6.80. The zero-order chi connectivity index (χ0) is 15.4. The molecule has 5 heteroatoms. The lowest BCUT2D eigenvalue weighted by Crippen LogP contribution is -2.45. The summed E-state index contributed by atoms with van der Waals surface area (Å²) < 4.78 is 12.9. The molecule has 1 aliphatic rings. The molecule has 0 aromatic heterocycles. The van der Waals surface area contributed by atoms with Gasteiger partial charge >= 0.3 is 0 Å². The number of piperidine rings is 1. The van der Waals surface area contributed by atoms with Crippen molar-refractivity contribution in [1.82, 2.24) is 4.90 Å². The molecule has 1 saturated heterocycles. The van der Waals surface area contributed by atoms with E-state index in [0.717, 1.165) is 12.8 Å². The lowest BCUT2D eigenvalue weighted by Gasteiger charge is -2.33. The van der Waals surface area contributed by atoms with Crippen LogP contribution < -0.4 is 5.73 Å². The number of Topliss-reactive ketones (excluding diaryl/α,β-unsaturated/α-hetero) is 1. The molecule has 0 saturated carbocycles. The van der Waals surface area contributed by atoms with Crippen LogP contribution in [-0.4, -0.2) is 36.2 Å². The summed E-state index contributed by atoms with van der Waals surface area (Å²) in [6.07, 6.45) is 1.57. The zero-order valence-corrected chi connectivity index (χ0v) is 12.2. The number of nitrogens with two attached hydrogens (primary N) is 1. The molecule has 1 aromatic rings. The molecular weight excluding hydrogens is 271 g/mol. The van der Waals surface area contributed by atoms with Crippen LogP contribution in [0.5, 0.6) is 0 Å². The van der Waals surface area contributed by atoms with Crippen molar-refractivity contribution in [3.63, 3.8) is 0 Å². The van der Waals surface area contributed by atoms with Gasteiger partial charge < -0.3 is 10.6 Å². The van der Waals surface area contributed by atoms with Gasteiger partial charge in [-0.1, -0.05) is 6.92 Å². The Morgan fingerprint density at radius 2 is 2.05 bits per heavy atom. The number of nitrogens with zero attached hydrogens (tertiary/aromatic N) is 1. The third-order valence-corrected chi connectivity index (χ3v) is 4.01. The maximum absolute atomic E-state index is 12.9. The van der Waals surface area contributed by atoms with E-state index in [-0.39, 0.29) is 29.3 Å². The Morgan fingerprint density at radius 1 is 1.38 bits per heavy atom. The van der Waals surface area contributed by atoms with Crippen molar-refractivity contribution in [2.45, 2.75) is 19.8 Å². The van der Waals surface area contributed by atoms with Gasteiger partial charge in [-0.15, -0.1) is 0 Å². The minimum Gasteiger partial charge on any atom is -0.342 e. The quantitative estimate of drug-likeness (QED) is 0.861. The normalized spacial score (nSPS) is 20.1. The predicted molar refractivity (Wildman–Crippen MR) is 78.3 cm³/mol. The summed E-state index contributed by atoms with van der Waals surface area (Å²) in [5.74, 6) is -0.798. The number of ketones is 1. The van der Waals surface area contributed by atoms with Gasteiger partial charge in [0.05, 0.1) is 0 Å². The summed E-state index contributed by atoms with van der Waals surface area (Å²) in [4.78, 5) is 26.3. The molecule has 4 nitrogen and oxygen atoms in total. The Labute approximate surface area is 124 Å². The molecule has 114 valence electrons. The van der Waals surface area contributed by atoms with Gasteiger partial charge in [-0.05, 0) is 37.1 Å². The van der Waals surface area contributed by atoms with Gasteiger partial charge in [0, 0.05) is 37.0 Å². The molecule has 0 aliphatic carbocycles. The van der Waals surface area contributed by atoms with Crippen molar-refractivity contribution in [3.05, 3.63) is 35.6 Å². The van der Waals surface area contributed by atoms with Crippen LogP contribution in [0, 0.1) is 17.7 Å². The van der Waals surface area contributed by atoms with Crippen LogP contribution >= 0.6 is 0 Å². The molecule has 2 atom stereocenters. The molecule has 2 rings (SSSR count). The van der Waals surface area contributed by atoms with Crippen molar-refractivity contribution in [2.75, 3.05) is 19.6 Å². The summed E-state index contributed by atoms with van der Waals surface area (Å²) in [5.41, 5.74) is 6.03. The van der Waals surface area contributed by atoms with Gasteiger partial charge in [0.1, 0.15) is 5.82 Å². The van der Waals surface area contributed by atoms with E-state index >= 15 is 0 Å². The van der Waals surface area contributed by atoms with Crippen LogP contribution in [-0.2, 0) is 4.79 Å². The molecule has 2 N–H and O–H groups in total. The highest BCUT2D eigenvalue weighted by atomic mass is 19.1. The molecule has 1 aromatic carbocycles. The number of rotatable bonds is 4. The second-order valence-corrected chi connectivity index (χ2v) is 5.63. The first-order chi connectivity index (χ1) is 10.0. The van der Waals surface area contributed by atoms with E-state index < -0.39 is 0 Å². The van der Waals surface area contributed by atoms with Gasteiger partial charge in [-0.3, -0.25) is 9.59 Å². The van der Waals surface area contributed by atoms with E-state index in [1.165, 1.54) is 24.3 Å². The fourth-order valence-corrected chi connectivity index (χ4v) is 2.65. The summed E-state index contributed by atoms with van der Waals surface area (Å²) in [6.45, 7) is 3.22. The van der Waals surface area contributed by atoms with Gasteiger partial charge in [0.2, 0.25) is 5.91 Å². The standard InChI is InChI=1S/C16H21FN2O2/c1-11(9-18)16(21)19-8-2-3-13(10-19)15(20)12-4-6-14(17)7-5-12/h4-7,11,13H,2-3,8-10,18H2,1H3. The molecule has 0 radical (unpaired) electrons. The third kappa shape index (κ3) is 3.67. The third-order valence-electron chi connectivity index (χ3n) is 4.01. The Bertz CT molecular complexity index is 516.